The van der Waals surface area contributed by atoms with Crippen LogP contribution in [0.25, 0.3) is 0 Å². The number of aliphatic hydroxyl groups excluding tert-OH is 1. The van der Waals surface area contributed by atoms with Crippen LogP contribution in [-0.2, 0) is 13.1 Å². The van der Waals surface area contributed by atoms with Gasteiger partial charge in [0.15, 0.2) is 0 Å². The number of nitrogens with zero attached hydrogens (tertiary/aromatic N) is 4. The highest BCUT2D eigenvalue weighted by Crippen LogP contribution is 2.27. The van der Waals surface area contributed by atoms with Crippen molar-refractivity contribution in [3.63, 3.8) is 0 Å². The number of hydrogen-bond donors (Lipinski definition) is 1. The van der Waals surface area contributed by atoms with Crippen molar-refractivity contribution in [3.05, 3.63) is 39.9 Å². The third kappa shape index (κ3) is 4.04. The number of carbonyl (C=O) groups excluding carboxylic acids is 1. The highest BCUT2D eigenvalue weighted by atomic mass is 32.1. The molecular formula is C20H26N4O3S. The SMILES string of the molecule is Cc1nnsc1C(=O)N1CCOc2ccc(CN3CCCCC3CO)cc2C1. The molecule has 0 bridgehead atoms. The first-order valence-corrected chi connectivity index (χ1v) is 10.6. The van der Waals surface area contributed by atoms with Crippen LogP contribution < -0.4 is 4.74 Å². The van der Waals surface area contributed by atoms with Gasteiger partial charge in [-0.25, -0.2) is 0 Å². The molecule has 1 amide bonds. The van der Waals surface area contributed by atoms with E-state index < -0.39 is 0 Å². The lowest BCUT2D eigenvalue weighted by Crippen LogP contribution is -2.41. The normalized spacial score (nSPS) is 20.4. The van der Waals surface area contributed by atoms with Crippen LogP contribution in [0.1, 0.15) is 45.8 Å². The third-order valence-electron chi connectivity index (χ3n) is 5.58. The molecule has 1 unspecified atom stereocenters. The van der Waals surface area contributed by atoms with Crippen LogP contribution in [0.2, 0.25) is 0 Å². The molecule has 1 fully saturated rings. The summed E-state index contributed by atoms with van der Waals surface area (Å²) in [4.78, 5) is 17.7. The Morgan fingerprint density at radius 2 is 2.25 bits per heavy atom. The second kappa shape index (κ2) is 8.55. The van der Waals surface area contributed by atoms with E-state index in [2.05, 4.69) is 26.6 Å². The summed E-state index contributed by atoms with van der Waals surface area (Å²) >= 11 is 1.15. The number of aliphatic hydroxyl groups is 1. The van der Waals surface area contributed by atoms with Gasteiger partial charge in [0, 0.05) is 24.7 Å². The Labute approximate surface area is 169 Å². The zero-order valence-corrected chi connectivity index (χ0v) is 17.0. The van der Waals surface area contributed by atoms with Gasteiger partial charge in [-0.1, -0.05) is 17.0 Å². The Morgan fingerprint density at radius 1 is 1.36 bits per heavy atom. The molecule has 1 N–H and O–H groups in total. The van der Waals surface area contributed by atoms with Gasteiger partial charge in [0.05, 0.1) is 18.8 Å². The van der Waals surface area contributed by atoms with Crippen molar-refractivity contribution in [1.29, 1.82) is 0 Å². The summed E-state index contributed by atoms with van der Waals surface area (Å²) < 4.78 is 9.78. The van der Waals surface area contributed by atoms with Gasteiger partial charge < -0.3 is 14.7 Å². The summed E-state index contributed by atoms with van der Waals surface area (Å²) in [5.74, 6) is 0.807. The molecule has 28 heavy (non-hydrogen) atoms. The van der Waals surface area contributed by atoms with Crippen LogP contribution in [0.3, 0.4) is 0 Å². The highest BCUT2D eigenvalue weighted by molar-refractivity contribution is 7.07. The minimum Gasteiger partial charge on any atom is -0.491 e. The summed E-state index contributed by atoms with van der Waals surface area (Å²) in [6.45, 7) is 5.38. The number of carbonyl (C=O) groups is 1. The number of rotatable bonds is 4. The molecule has 4 rings (SSSR count). The molecule has 1 aromatic heterocycles. The minimum absolute atomic E-state index is 0.0364. The maximum Gasteiger partial charge on any atom is 0.267 e. The summed E-state index contributed by atoms with van der Waals surface area (Å²) in [5.41, 5.74) is 2.89. The molecular weight excluding hydrogens is 376 g/mol. The molecule has 8 heteroatoms. The van der Waals surface area contributed by atoms with E-state index >= 15 is 0 Å². The molecule has 0 spiro atoms. The Balaban J connectivity index is 1.52. The van der Waals surface area contributed by atoms with Crippen LogP contribution in [0.4, 0.5) is 0 Å². The first-order valence-electron chi connectivity index (χ1n) is 9.83. The van der Waals surface area contributed by atoms with Gasteiger partial charge >= 0.3 is 0 Å². The maximum absolute atomic E-state index is 12.9. The highest BCUT2D eigenvalue weighted by Gasteiger charge is 2.25. The molecule has 0 aliphatic carbocycles. The molecule has 2 aliphatic rings. The van der Waals surface area contributed by atoms with E-state index in [-0.39, 0.29) is 18.6 Å². The van der Waals surface area contributed by atoms with Gasteiger partial charge in [-0.3, -0.25) is 9.69 Å². The first kappa shape index (κ1) is 19.3. The predicted octanol–water partition coefficient (Wildman–Crippen LogP) is 2.23. The number of benzene rings is 1. The van der Waals surface area contributed by atoms with Crippen molar-refractivity contribution in [2.75, 3.05) is 26.3 Å². The average molecular weight is 403 g/mol. The fraction of sp³-hybridized carbons (Fsp3) is 0.550. The predicted molar refractivity (Wildman–Crippen MR) is 106 cm³/mol. The largest absolute Gasteiger partial charge is 0.491 e. The number of fused-ring (bicyclic) bond motifs is 1. The summed E-state index contributed by atoms with van der Waals surface area (Å²) in [5, 5.41) is 13.6. The van der Waals surface area contributed by atoms with E-state index in [1.54, 1.807) is 0 Å². The number of hydrogen-bond acceptors (Lipinski definition) is 7. The van der Waals surface area contributed by atoms with Crippen LogP contribution >= 0.6 is 11.5 Å². The summed E-state index contributed by atoms with van der Waals surface area (Å²) in [6, 6.07) is 6.48. The number of likely N-dealkylation sites (tertiary alicyclic amines) is 1. The van der Waals surface area contributed by atoms with E-state index in [1.807, 2.05) is 17.9 Å². The van der Waals surface area contributed by atoms with Gasteiger partial charge in [-0.05, 0) is 55.5 Å². The molecule has 1 saturated heterocycles. The number of piperidine rings is 1. The fourth-order valence-electron chi connectivity index (χ4n) is 4.00. The fourth-order valence-corrected chi connectivity index (χ4v) is 4.63. The van der Waals surface area contributed by atoms with E-state index in [9.17, 15) is 9.90 Å². The maximum atomic E-state index is 12.9. The van der Waals surface area contributed by atoms with E-state index in [0.29, 0.717) is 30.3 Å². The molecule has 3 heterocycles. The lowest BCUT2D eigenvalue weighted by molar-refractivity contribution is 0.0736. The van der Waals surface area contributed by atoms with Gasteiger partial charge in [-0.2, -0.15) is 0 Å². The quantitative estimate of drug-likeness (QED) is 0.845. The van der Waals surface area contributed by atoms with Crippen molar-refractivity contribution >= 4 is 17.4 Å². The molecule has 0 radical (unpaired) electrons. The van der Waals surface area contributed by atoms with E-state index in [4.69, 9.17) is 4.74 Å². The Hall–Kier alpha value is -2.03. The summed E-state index contributed by atoms with van der Waals surface area (Å²) in [7, 11) is 0. The molecule has 2 aliphatic heterocycles. The number of aryl methyl sites for hydroxylation is 1. The zero-order chi connectivity index (χ0) is 19.5. The van der Waals surface area contributed by atoms with E-state index in [0.717, 1.165) is 42.4 Å². The minimum atomic E-state index is -0.0364. The monoisotopic (exact) mass is 402 g/mol. The number of amides is 1. The summed E-state index contributed by atoms with van der Waals surface area (Å²) in [6.07, 6.45) is 3.41. The zero-order valence-electron chi connectivity index (χ0n) is 16.1. The van der Waals surface area contributed by atoms with Gasteiger partial charge in [0.1, 0.15) is 17.2 Å². The Kier molecular flexibility index (Phi) is 5.89. The Bertz CT molecular complexity index is 841. The topological polar surface area (TPSA) is 78.8 Å². The first-order chi connectivity index (χ1) is 13.7. The van der Waals surface area contributed by atoms with Gasteiger partial charge in [-0.15, -0.1) is 5.10 Å². The van der Waals surface area contributed by atoms with Crippen LogP contribution in [0, 0.1) is 6.92 Å². The van der Waals surface area contributed by atoms with Crippen molar-refractivity contribution in [2.24, 2.45) is 0 Å². The van der Waals surface area contributed by atoms with Crippen LogP contribution in [0.15, 0.2) is 18.2 Å². The smallest absolute Gasteiger partial charge is 0.267 e. The van der Waals surface area contributed by atoms with Crippen LogP contribution in [0.5, 0.6) is 5.75 Å². The Morgan fingerprint density at radius 3 is 3.04 bits per heavy atom. The van der Waals surface area contributed by atoms with Gasteiger partial charge in [0.25, 0.3) is 5.91 Å². The van der Waals surface area contributed by atoms with Crippen molar-refractivity contribution in [2.45, 2.75) is 45.3 Å². The number of ether oxygens (including phenoxy) is 1. The molecule has 1 aromatic carbocycles. The molecule has 2 aromatic rings. The molecule has 0 saturated carbocycles. The lowest BCUT2D eigenvalue weighted by Gasteiger charge is -2.34. The molecule has 1 atom stereocenters. The van der Waals surface area contributed by atoms with Crippen LogP contribution in [-0.4, -0.2) is 62.7 Å². The number of aromatic nitrogens is 2. The standard InChI is InChI=1S/C20H26N4O3S/c1-14-19(28-22-21-14)20(26)24-8-9-27-18-6-5-15(10-16(18)12-24)11-23-7-3-2-4-17(23)13-25/h5-6,10,17,25H,2-4,7-9,11-13H2,1H3. The van der Waals surface area contributed by atoms with Crippen molar-refractivity contribution in [1.82, 2.24) is 19.4 Å². The third-order valence-corrected chi connectivity index (χ3v) is 6.40. The molecule has 150 valence electrons. The average Bonchev–Trinajstić information content (AvgIpc) is 3.02. The van der Waals surface area contributed by atoms with Crippen molar-refractivity contribution < 1.29 is 14.6 Å². The second-order valence-electron chi connectivity index (χ2n) is 7.51. The van der Waals surface area contributed by atoms with Crippen molar-refractivity contribution in [3.8, 4) is 5.75 Å². The van der Waals surface area contributed by atoms with E-state index in [1.165, 1.54) is 18.4 Å². The molecule has 7 nitrogen and oxygen atoms in total. The lowest BCUT2D eigenvalue weighted by atomic mass is 10.0. The second-order valence-corrected chi connectivity index (χ2v) is 8.26. The van der Waals surface area contributed by atoms with Gasteiger partial charge in [0.2, 0.25) is 0 Å².